The normalized spacial score (nSPS) is 18.9. The van der Waals surface area contributed by atoms with Crippen molar-refractivity contribution >= 4 is 21.6 Å². The minimum absolute atomic E-state index is 0.0560. The van der Waals surface area contributed by atoms with Crippen LogP contribution in [0, 0.1) is 11.3 Å². The highest BCUT2D eigenvalue weighted by atomic mass is 32.2. The molecule has 8 heteroatoms. The molecular weight excluding hydrogens is 282 g/mol. The monoisotopic (exact) mass is 295 g/mol. The number of carbonyl (C=O) groups is 1. The van der Waals surface area contributed by atoms with Crippen molar-refractivity contribution in [2.45, 2.75) is 11.7 Å². The van der Waals surface area contributed by atoms with Gasteiger partial charge in [-0.2, -0.15) is 5.26 Å². The van der Waals surface area contributed by atoms with Crippen molar-refractivity contribution in [1.82, 2.24) is 0 Å². The van der Waals surface area contributed by atoms with Gasteiger partial charge < -0.3 is 9.64 Å². The Morgan fingerprint density at radius 3 is 2.70 bits per heavy atom. The minimum atomic E-state index is -3.79. The molecule has 1 aromatic rings. The Kier molecular flexibility index (Phi) is 3.65. The van der Waals surface area contributed by atoms with Crippen LogP contribution in [0.1, 0.15) is 12.0 Å². The van der Waals surface area contributed by atoms with Gasteiger partial charge in [-0.05, 0) is 12.1 Å². The second-order valence-electron chi connectivity index (χ2n) is 4.41. The first-order valence-electron chi connectivity index (χ1n) is 5.77. The summed E-state index contributed by atoms with van der Waals surface area (Å²) in [6, 6.07) is 6.61. The number of hydrogen-bond donors (Lipinski definition) is 1. The maximum Gasteiger partial charge on any atom is 0.228 e. The van der Waals surface area contributed by atoms with Crippen LogP contribution in [0.5, 0.6) is 5.75 Å². The third-order valence-corrected chi connectivity index (χ3v) is 4.42. The highest BCUT2D eigenvalue weighted by molar-refractivity contribution is 7.89. The molecule has 0 saturated carbocycles. The molecule has 1 fully saturated rings. The third-order valence-electron chi connectivity index (χ3n) is 3.17. The number of primary sulfonamides is 1. The van der Waals surface area contributed by atoms with E-state index in [1.165, 1.54) is 24.1 Å². The number of rotatable bonds is 3. The number of sulfonamides is 1. The molecule has 7 nitrogen and oxygen atoms in total. The number of methoxy groups -OCH3 is 1. The van der Waals surface area contributed by atoms with Crippen LogP contribution in [0.2, 0.25) is 0 Å². The van der Waals surface area contributed by atoms with E-state index in [2.05, 4.69) is 0 Å². The van der Waals surface area contributed by atoms with Crippen molar-refractivity contribution in [3.05, 3.63) is 23.8 Å². The molecule has 0 aliphatic carbocycles. The Balaban J connectivity index is 2.42. The summed E-state index contributed by atoms with van der Waals surface area (Å²) in [7, 11) is -2.33. The molecular formula is C12H13N3O4S. The van der Waals surface area contributed by atoms with E-state index >= 15 is 0 Å². The fourth-order valence-electron chi connectivity index (χ4n) is 2.08. The number of nitrogens with zero attached hydrogens (tertiary/aromatic N) is 2. The minimum Gasteiger partial charge on any atom is -0.497 e. The molecule has 2 N–H and O–H groups in total. The zero-order valence-electron chi connectivity index (χ0n) is 10.7. The summed E-state index contributed by atoms with van der Waals surface area (Å²) in [6.07, 6.45) is -0.180. The summed E-state index contributed by atoms with van der Waals surface area (Å²) in [5.74, 6) is 0.0969. The molecule has 1 amide bonds. The average Bonchev–Trinajstić information content (AvgIpc) is 2.80. The van der Waals surface area contributed by atoms with Crippen molar-refractivity contribution in [3.63, 3.8) is 0 Å². The van der Waals surface area contributed by atoms with E-state index in [1.807, 2.05) is 6.07 Å². The number of hydrogen-bond acceptors (Lipinski definition) is 5. The summed E-state index contributed by atoms with van der Waals surface area (Å²) < 4.78 is 27.7. The van der Waals surface area contributed by atoms with Crippen molar-refractivity contribution in [3.8, 4) is 11.8 Å². The molecule has 0 aromatic heterocycles. The number of amides is 1. The summed E-state index contributed by atoms with van der Waals surface area (Å²) in [6.45, 7) is -0.0560. The van der Waals surface area contributed by atoms with Crippen LogP contribution in [0.3, 0.4) is 0 Å². The quantitative estimate of drug-likeness (QED) is 0.840. The maximum atomic E-state index is 12.0. The number of carbonyl (C=O) groups excluding carboxylic acids is 1. The molecule has 0 radical (unpaired) electrons. The third kappa shape index (κ3) is 2.59. The molecule has 1 aliphatic heterocycles. The van der Waals surface area contributed by atoms with Gasteiger partial charge in [0.15, 0.2) is 0 Å². The number of anilines is 1. The van der Waals surface area contributed by atoms with E-state index in [9.17, 15) is 13.2 Å². The molecule has 0 bridgehead atoms. The van der Waals surface area contributed by atoms with Crippen molar-refractivity contribution < 1.29 is 17.9 Å². The summed E-state index contributed by atoms with van der Waals surface area (Å²) in [5, 5.41) is 13.2. The van der Waals surface area contributed by atoms with Crippen LogP contribution < -0.4 is 14.8 Å². The van der Waals surface area contributed by atoms with Gasteiger partial charge in [-0.25, -0.2) is 13.6 Å². The van der Waals surface area contributed by atoms with E-state index in [0.717, 1.165) is 0 Å². The number of ether oxygens (including phenoxy) is 1. The van der Waals surface area contributed by atoms with Gasteiger partial charge >= 0.3 is 0 Å². The molecule has 106 valence electrons. The Bertz CT molecular complexity index is 693. The molecule has 1 unspecified atom stereocenters. The second kappa shape index (κ2) is 5.11. The molecule has 20 heavy (non-hydrogen) atoms. The Hall–Kier alpha value is -2.11. The Morgan fingerprint density at radius 1 is 1.50 bits per heavy atom. The summed E-state index contributed by atoms with van der Waals surface area (Å²) in [4.78, 5) is 13.2. The van der Waals surface area contributed by atoms with Gasteiger partial charge in [-0.3, -0.25) is 4.79 Å². The van der Waals surface area contributed by atoms with E-state index in [4.69, 9.17) is 15.1 Å². The molecule has 1 aromatic carbocycles. The average molecular weight is 295 g/mol. The first kappa shape index (κ1) is 14.3. The zero-order chi connectivity index (χ0) is 14.9. The lowest BCUT2D eigenvalue weighted by molar-refractivity contribution is -0.117. The molecule has 0 spiro atoms. The van der Waals surface area contributed by atoms with Crippen LogP contribution in [-0.2, 0) is 14.8 Å². The number of nitrogens with two attached hydrogens (primary N) is 1. The predicted octanol–water partition coefficient (Wildman–Crippen LogP) is -0.0393. The van der Waals surface area contributed by atoms with Gasteiger partial charge in [-0.1, -0.05) is 0 Å². The van der Waals surface area contributed by atoms with E-state index in [-0.39, 0.29) is 24.4 Å². The predicted molar refractivity (Wildman–Crippen MR) is 71.6 cm³/mol. The lowest BCUT2D eigenvalue weighted by atomic mass is 10.1. The van der Waals surface area contributed by atoms with Gasteiger partial charge in [0.2, 0.25) is 15.9 Å². The molecule has 2 rings (SSSR count). The molecule has 1 atom stereocenters. The Morgan fingerprint density at radius 2 is 2.20 bits per heavy atom. The fraction of sp³-hybridized carbons (Fsp3) is 0.333. The maximum absolute atomic E-state index is 12.0. The van der Waals surface area contributed by atoms with Crippen molar-refractivity contribution in [2.24, 2.45) is 5.14 Å². The topological polar surface area (TPSA) is 113 Å². The first-order valence-corrected chi connectivity index (χ1v) is 7.38. The standard InChI is InChI=1S/C12H13N3O4S/c1-19-9-3-2-8(6-13)11(4-9)15-7-10(5-12(15)16)20(14,17)18/h2-4,10H,5,7H2,1H3,(H2,14,17,18). The largest absolute Gasteiger partial charge is 0.497 e. The van der Waals surface area contributed by atoms with Crippen LogP contribution in [0.25, 0.3) is 0 Å². The SMILES string of the molecule is COc1ccc(C#N)c(N2CC(S(N)(=O)=O)CC2=O)c1. The van der Waals surface area contributed by atoms with Crippen LogP contribution in [-0.4, -0.2) is 33.2 Å². The van der Waals surface area contributed by atoms with E-state index < -0.39 is 15.3 Å². The highest BCUT2D eigenvalue weighted by Gasteiger charge is 2.38. The summed E-state index contributed by atoms with van der Waals surface area (Å²) >= 11 is 0. The zero-order valence-corrected chi connectivity index (χ0v) is 11.6. The lowest BCUT2D eigenvalue weighted by Crippen LogP contribution is -2.32. The highest BCUT2D eigenvalue weighted by Crippen LogP contribution is 2.30. The first-order chi connectivity index (χ1) is 9.36. The van der Waals surface area contributed by atoms with Crippen molar-refractivity contribution in [1.29, 1.82) is 5.26 Å². The van der Waals surface area contributed by atoms with Gasteiger partial charge in [-0.15, -0.1) is 0 Å². The van der Waals surface area contributed by atoms with Crippen LogP contribution >= 0.6 is 0 Å². The molecule has 1 saturated heterocycles. The van der Waals surface area contributed by atoms with Gasteiger partial charge in [0.25, 0.3) is 0 Å². The second-order valence-corrected chi connectivity index (χ2v) is 6.26. The van der Waals surface area contributed by atoms with Gasteiger partial charge in [0, 0.05) is 19.0 Å². The number of nitriles is 1. The lowest BCUT2D eigenvalue weighted by Gasteiger charge is -2.18. The van der Waals surface area contributed by atoms with E-state index in [1.54, 1.807) is 6.07 Å². The molecule has 1 heterocycles. The fourth-order valence-corrected chi connectivity index (χ4v) is 2.82. The van der Waals surface area contributed by atoms with Crippen LogP contribution in [0.15, 0.2) is 18.2 Å². The summed E-state index contributed by atoms with van der Waals surface area (Å²) in [5.41, 5.74) is 0.609. The smallest absolute Gasteiger partial charge is 0.228 e. The van der Waals surface area contributed by atoms with Gasteiger partial charge in [0.05, 0.1) is 18.4 Å². The Labute approximate surface area is 116 Å². The number of benzene rings is 1. The van der Waals surface area contributed by atoms with E-state index in [0.29, 0.717) is 11.4 Å². The van der Waals surface area contributed by atoms with Gasteiger partial charge in [0.1, 0.15) is 17.1 Å². The van der Waals surface area contributed by atoms with Crippen LogP contribution in [0.4, 0.5) is 5.69 Å². The van der Waals surface area contributed by atoms with Crippen molar-refractivity contribution in [2.75, 3.05) is 18.6 Å². The molecule has 1 aliphatic rings.